The summed E-state index contributed by atoms with van der Waals surface area (Å²) >= 11 is 12.3. The maximum Gasteiger partial charge on any atom is 0.253 e. The fraction of sp³-hybridized carbons (Fsp3) is 0.412. The van der Waals surface area contributed by atoms with Gasteiger partial charge in [-0.2, -0.15) is 9.40 Å². The van der Waals surface area contributed by atoms with Crippen LogP contribution in [0.15, 0.2) is 29.3 Å². The van der Waals surface area contributed by atoms with Crippen LogP contribution in [0.2, 0.25) is 10.0 Å². The van der Waals surface area contributed by atoms with Crippen LogP contribution in [0, 0.1) is 0 Å². The second kappa shape index (κ2) is 8.18. The van der Waals surface area contributed by atoms with Crippen molar-refractivity contribution in [3.05, 3.63) is 45.7 Å². The van der Waals surface area contributed by atoms with Crippen molar-refractivity contribution < 1.29 is 13.2 Å². The van der Waals surface area contributed by atoms with Gasteiger partial charge in [0.1, 0.15) is 4.90 Å². The van der Waals surface area contributed by atoms with Gasteiger partial charge in [-0.1, -0.05) is 29.6 Å². The largest absolute Gasteiger partial charge is 0.346 e. The van der Waals surface area contributed by atoms with Crippen LogP contribution < -0.4 is 5.32 Å². The Balaban J connectivity index is 1.87. The van der Waals surface area contributed by atoms with Gasteiger partial charge >= 0.3 is 0 Å². The Morgan fingerprint density at radius 1 is 1.19 bits per heavy atom. The Morgan fingerprint density at radius 2 is 1.89 bits per heavy atom. The van der Waals surface area contributed by atoms with Crippen molar-refractivity contribution in [2.45, 2.75) is 30.7 Å². The molecule has 0 aliphatic carbocycles. The summed E-state index contributed by atoms with van der Waals surface area (Å²) in [5.41, 5.74) is 0.869. The smallest absolute Gasteiger partial charge is 0.253 e. The van der Waals surface area contributed by atoms with Crippen molar-refractivity contribution in [3.63, 3.8) is 0 Å². The molecule has 1 aliphatic rings. The van der Waals surface area contributed by atoms with Crippen molar-refractivity contribution in [3.8, 4) is 0 Å². The van der Waals surface area contributed by atoms with E-state index in [0.717, 1.165) is 25.0 Å². The van der Waals surface area contributed by atoms with Crippen LogP contribution in [-0.4, -0.2) is 41.5 Å². The molecule has 1 aliphatic heterocycles. The molecule has 1 fully saturated rings. The highest BCUT2D eigenvalue weighted by atomic mass is 35.5. The van der Waals surface area contributed by atoms with E-state index in [4.69, 9.17) is 23.2 Å². The third-order valence-electron chi connectivity index (χ3n) is 4.55. The van der Waals surface area contributed by atoms with Gasteiger partial charge in [-0.05, 0) is 31.0 Å². The molecule has 0 unspecified atom stereocenters. The van der Waals surface area contributed by atoms with Gasteiger partial charge in [0, 0.05) is 26.3 Å². The number of aromatic nitrogens is 2. The van der Waals surface area contributed by atoms with Crippen LogP contribution in [0.3, 0.4) is 0 Å². The molecule has 0 radical (unpaired) electrons. The Bertz CT molecular complexity index is 953. The molecule has 10 heteroatoms. The highest BCUT2D eigenvalue weighted by Crippen LogP contribution is 2.31. The third-order valence-corrected chi connectivity index (χ3v) is 7.23. The number of sulfonamides is 1. The number of aryl methyl sites for hydroxylation is 1. The minimum atomic E-state index is -3.78. The standard InChI is InChI=1S/C17H20Cl2N4O3S/c1-22-12(5-6-21-22)11-20-17(24)13-9-16(15(19)10-14(13)18)27(25,26)23-7-3-2-4-8-23/h5-6,9-10H,2-4,7-8,11H2,1H3,(H,20,24). The summed E-state index contributed by atoms with van der Waals surface area (Å²) in [5.74, 6) is -0.479. The summed E-state index contributed by atoms with van der Waals surface area (Å²) in [6.07, 6.45) is 4.24. The van der Waals surface area contributed by atoms with Crippen LogP contribution in [0.5, 0.6) is 0 Å². The minimum Gasteiger partial charge on any atom is -0.346 e. The number of amides is 1. The van der Waals surface area contributed by atoms with E-state index in [1.54, 1.807) is 24.0 Å². The summed E-state index contributed by atoms with van der Waals surface area (Å²) in [6, 6.07) is 4.34. The zero-order valence-corrected chi connectivity index (χ0v) is 17.1. The molecule has 146 valence electrons. The van der Waals surface area contributed by atoms with Gasteiger partial charge in [-0.25, -0.2) is 8.42 Å². The second-order valence-corrected chi connectivity index (χ2v) is 9.08. The van der Waals surface area contributed by atoms with E-state index >= 15 is 0 Å². The summed E-state index contributed by atoms with van der Waals surface area (Å²) in [4.78, 5) is 12.5. The highest BCUT2D eigenvalue weighted by Gasteiger charge is 2.29. The lowest BCUT2D eigenvalue weighted by Crippen LogP contribution is -2.36. The van der Waals surface area contributed by atoms with Gasteiger partial charge in [0.15, 0.2) is 0 Å². The zero-order chi connectivity index (χ0) is 19.6. The number of piperidine rings is 1. The molecule has 0 bridgehead atoms. The molecule has 7 nitrogen and oxygen atoms in total. The van der Waals surface area contributed by atoms with Crippen molar-refractivity contribution in [2.75, 3.05) is 13.1 Å². The lowest BCUT2D eigenvalue weighted by atomic mass is 10.2. The summed E-state index contributed by atoms with van der Waals surface area (Å²) in [6.45, 7) is 1.13. The first-order valence-electron chi connectivity index (χ1n) is 8.55. The zero-order valence-electron chi connectivity index (χ0n) is 14.8. The third kappa shape index (κ3) is 4.29. The Hall–Kier alpha value is -1.61. The molecular formula is C17H20Cl2N4O3S. The molecule has 1 saturated heterocycles. The number of hydrogen-bond acceptors (Lipinski definition) is 4. The predicted molar refractivity (Wildman–Crippen MR) is 103 cm³/mol. The summed E-state index contributed by atoms with van der Waals surface area (Å²) in [5, 5.41) is 6.86. The summed E-state index contributed by atoms with van der Waals surface area (Å²) < 4.78 is 28.9. The molecule has 1 N–H and O–H groups in total. The topological polar surface area (TPSA) is 84.3 Å². The fourth-order valence-electron chi connectivity index (χ4n) is 2.99. The Labute approximate surface area is 168 Å². The Morgan fingerprint density at radius 3 is 2.52 bits per heavy atom. The minimum absolute atomic E-state index is 0.00811. The quantitative estimate of drug-likeness (QED) is 0.789. The van der Waals surface area contributed by atoms with Crippen molar-refractivity contribution in [1.82, 2.24) is 19.4 Å². The molecule has 3 rings (SSSR count). The number of halogens is 2. The molecule has 0 saturated carbocycles. The van der Waals surface area contributed by atoms with E-state index < -0.39 is 15.9 Å². The monoisotopic (exact) mass is 430 g/mol. The van der Waals surface area contributed by atoms with Gasteiger partial charge in [0.25, 0.3) is 5.91 Å². The van der Waals surface area contributed by atoms with Gasteiger partial charge in [-0.3, -0.25) is 9.48 Å². The number of nitrogens with zero attached hydrogens (tertiary/aromatic N) is 3. The van der Waals surface area contributed by atoms with E-state index in [1.165, 1.54) is 16.4 Å². The average molecular weight is 431 g/mol. The average Bonchev–Trinajstić information content (AvgIpc) is 3.05. The number of rotatable bonds is 5. The molecular weight excluding hydrogens is 411 g/mol. The maximum absolute atomic E-state index is 12.9. The highest BCUT2D eigenvalue weighted by molar-refractivity contribution is 7.89. The van der Waals surface area contributed by atoms with Crippen LogP contribution >= 0.6 is 23.2 Å². The first-order valence-corrected chi connectivity index (χ1v) is 10.7. The van der Waals surface area contributed by atoms with Gasteiger partial charge in [0.2, 0.25) is 10.0 Å². The van der Waals surface area contributed by atoms with E-state index in [9.17, 15) is 13.2 Å². The van der Waals surface area contributed by atoms with Crippen LogP contribution in [0.25, 0.3) is 0 Å². The fourth-order valence-corrected chi connectivity index (χ4v) is 5.34. The van der Waals surface area contributed by atoms with Crippen molar-refractivity contribution in [1.29, 1.82) is 0 Å². The number of nitrogens with one attached hydrogen (secondary N) is 1. The predicted octanol–water partition coefficient (Wildman–Crippen LogP) is 2.83. The summed E-state index contributed by atoms with van der Waals surface area (Å²) in [7, 11) is -2.02. The van der Waals surface area contributed by atoms with Gasteiger partial charge < -0.3 is 5.32 Å². The van der Waals surface area contributed by atoms with E-state index in [1.807, 2.05) is 0 Å². The second-order valence-electron chi connectivity index (χ2n) is 6.36. The maximum atomic E-state index is 12.9. The molecule has 2 aromatic rings. The number of carbonyl (C=O) groups excluding carboxylic acids is 1. The number of hydrogen-bond donors (Lipinski definition) is 1. The van der Waals surface area contributed by atoms with Crippen molar-refractivity contribution in [2.24, 2.45) is 7.05 Å². The first-order chi connectivity index (χ1) is 12.8. The molecule has 27 heavy (non-hydrogen) atoms. The normalized spacial score (nSPS) is 15.7. The van der Waals surface area contributed by atoms with E-state index in [-0.39, 0.29) is 27.0 Å². The first kappa shape index (κ1) is 20.1. The SMILES string of the molecule is Cn1nccc1CNC(=O)c1cc(S(=O)(=O)N2CCCCC2)c(Cl)cc1Cl. The number of carbonyl (C=O) groups is 1. The molecule has 2 heterocycles. The van der Waals surface area contributed by atoms with E-state index in [0.29, 0.717) is 13.1 Å². The molecule has 0 atom stereocenters. The van der Waals surface area contributed by atoms with Gasteiger partial charge in [-0.15, -0.1) is 0 Å². The van der Waals surface area contributed by atoms with E-state index in [2.05, 4.69) is 10.4 Å². The number of benzene rings is 1. The van der Waals surface area contributed by atoms with Crippen LogP contribution in [0.4, 0.5) is 0 Å². The van der Waals surface area contributed by atoms with Crippen molar-refractivity contribution >= 4 is 39.1 Å². The lowest BCUT2D eigenvalue weighted by molar-refractivity contribution is 0.0950. The Kier molecular flexibility index (Phi) is 6.10. The van der Waals surface area contributed by atoms with Crippen LogP contribution in [-0.2, 0) is 23.6 Å². The van der Waals surface area contributed by atoms with Gasteiger partial charge in [0.05, 0.1) is 27.8 Å². The molecule has 0 spiro atoms. The van der Waals surface area contributed by atoms with Crippen LogP contribution in [0.1, 0.15) is 35.3 Å². The molecule has 1 aromatic carbocycles. The molecule has 1 aromatic heterocycles. The lowest BCUT2D eigenvalue weighted by Gasteiger charge is -2.26. The molecule has 1 amide bonds.